The van der Waals surface area contributed by atoms with Crippen LogP contribution in [0.25, 0.3) is 10.8 Å². The van der Waals surface area contributed by atoms with E-state index in [2.05, 4.69) is 15.5 Å². The topological polar surface area (TPSA) is 54.9 Å². The van der Waals surface area contributed by atoms with Gasteiger partial charge in [0.1, 0.15) is 5.03 Å². The second-order valence-electron chi connectivity index (χ2n) is 4.82. The maximum Gasteiger partial charge on any atom is 0.234 e. The molecule has 0 saturated heterocycles. The van der Waals surface area contributed by atoms with E-state index in [9.17, 15) is 4.79 Å². The maximum absolute atomic E-state index is 12.2. The number of anilines is 1. The Bertz CT molecular complexity index is 915. The lowest BCUT2D eigenvalue weighted by Crippen LogP contribution is -2.14. The van der Waals surface area contributed by atoms with Gasteiger partial charge in [0.15, 0.2) is 0 Å². The van der Waals surface area contributed by atoms with Crippen LogP contribution in [0.2, 0.25) is 15.1 Å². The lowest BCUT2D eigenvalue weighted by molar-refractivity contribution is -0.113. The first-order valence-corrected chi connectivity index (χ1v) is 8.94. The average Bonchev–Trinajstić information content (AvgIpc) is 2.58. The van der Waals surface area contributed by atoms with Crippen LogP contribution in [0, 0.1) is 0 Å². The van der Waals surface area contributed by atoms with E-state index in [0.29, 0.717) is 25.8 Å². The molecule has 0 unspecified atom stereocenters. The van der Waals surface area contributed by atoms with E-state index in [0.717, 1.165) is 10.8 Å². The van der Waals surface area contributed by atoms with Crippen LogP contribution in [-0.2, 0) is 4.79 Å². The van der Waals surface area contributed by atoms with E-state index in [1.807, 2.05) is 24.3 Å². The summed E-state index contributed by atoms with van der Waals surface area (Å²) in [5, 5.41) is 14.4. The molecule has 0 saturated carbocycles. The number of hydrogen-bond acceptors (Lipinski definition) is 4. The SMILES string of the molecule is O=C(CSc1nncc2ccccc12)Nc1cc(Cl)c(Cl)cc1Cl. The maximum atomic E-state index is 12.2. The number of thioether (sulfide) groups is 1. The summed E-state index contributed by atoms with van der Waals surface area (Å²) in [5.74, 6) is -0.0609. The van der Waals surface area contributed by atoms with Crippen molar-refractivity contribution in [1.82, 2.24) is 10.2 Å². The summed E-state index contributed by atoms with van der Waals surface area (Å²) in [5.41, 5.74) is 0.417. The van der Waals surface area contributed by atoms with Crippen molar-refractivity contribution in [3.63, 3.8) is 0 Å². The van der Waals surface area contributed by atoms with E-state index in [4.69, 9.17) is 34.8 Å². The zero-order valence-electron chi connectivity index (χ0n) is 12.1. The second kappa shape index (κ2) is 7.57. The van der Waals surface area contributed by atoms with Crippen molar-refractivity contribution in [2.24, 2.45) is 0 Å². The Hall–Kier alpha value is -1.53. The number of carbonyl (C=O) groups is 1. The Morgan fingerprint density at radius 1 is 1.08 bits per heavy atom. The normalized spacial score (nSPS) is 10.8. The van der Waals surface area contributed by atoms with Crippen molar-refractivity contribution in [1.29, 1.82) is 0 Å². The van der Waals surface area contributed by atoms with E-state index >= 15 is 0 Å². The Morgan fingerprint density at radius 3 is 2.67 bits per heavy atom. The summed E-state index contributed by atoms with van der Waals surface area (Å²) in [6, 6.07) is 10.8. The van der Waals surface area contributed by atoms with Crippen LogP contribution in [0.4, 0.5) is 5.69 Å². The summed E-state index contributed by atoms with van der Waals surface area (Å²) >= 11 is 19.2. The van der Waals surface area contributed by atoms with Crippen molar-refractivity contribution in [3.8, 4) is 0 Å². The summed E-state index contributed by atoms with van der Waals surface area (Å²) in [6.45, 7) is 0. The first-order chi connectivity index (χ1) is 11.5. The third-order valence-corrected chi connectivity index (χ3v) is 5.18. The Labute approximate surface area is 157 Å². The fourth-order valence-corrected chi connectivity index (χ4v) is 3.43. The van der Waals surface area contributed by atoms with Gasteiger partial charge in [0.2, 0.25) is 5.91 Å². The molecule has 122 valence electrons. The number of aromatic nitrogens is 2. The summed E-state index contributed by atoms with van der Waals surface area (Å²) in [7, 11) is 0. The molecule has 3 rings (SSSR count). The fraction of sp³-hybridized carbons (Fsp3) is 0.0625. The van der Waals surface area contributed by atoms with Crippen LogP contribution in [0.5, 0.6) is 0 Å². The van der Waals surface area contributed by atoms with Gasteiger partial charge in [0, 0.05) is 10.8 Å². The molecule has 1 heterocycles. The highest BCUT2D eigenvalue weighted by molar-refractivity contribution is 8.00. The average molecular weight is 399 g/mol. The zero-order valence-corrected chi connectivity index (χ0v) is 15.2. The quantitative estimate of drug-likeness (QED) is 0.477. The molecule has 0 radical (unpaired) electrons. The molecule has 8 heteroatoms. The highest BCUT2D eigenvalue weighted by atomic mass is 35.5. The number of carbonyl (C=O) groups excluding carboxylic acids is 1. The van der Waals surface area contributed by atoms with Gasteiger partial charge in [-0.2, -0.15) is 5.10 Å². The first-order valence-electron chi connectivity index (χ1n) is 6.82. The molecule has 1 N–H and O–H groups in total. The second-order valence-corrected chi connectivity index (χ2v) is 7.01. The largest absolute Gasteiger partial charge is 0.324 e. The number of halogens is 3. The molecule has 0 spiro atoms. The lowest BCUT2D eigenvalue weighted by atomic mass is 10.2. The van der Waals surface area contributed by atoms with Crippen LogP contribution in [0.15, 0.2) is 47.6 Å². The fourth-order valence-electron chi connectivity index (χ4n) is 2.05. The van der Waals surface area contributed by atoms with E-state index < -0.39 is 0 Å². The van der Waals surface area contributed by atoms with Gasteiger partial charge in [-0.1, -0.05) is 70.8 Å². The number of amides is 1. The standard InChI is InChI=1S/C16H10Cl3N3OS/c17-11-5-13(19)14(6-12(11)18)21-15(23)8-24-16-10-4-2-1-3-9(10)7-20-22-16/h1-7H,8H2,(H,21,23). The molecule has 0 aliphatic carbocycles. The Morgan fingerprint density at radius 2 is 1.83 bits per heavy atom. The van der Waals surface area contributed by atoms with Crippen LogP contribution in [0.3, 0.4) is 0 Å². The molecule has 0 aliphatic heterocycles. The Balaban J connectivity index is 1.71. The molecule has 0 atom stereocenters. The minimum Gasteiger partial charge on any atom is -0.324 e. The van der Waals surface area contributed by atoms with Crippen LogP contribution in [0.1, 0.15) is 0 Å². The molecule has 0 fully saturated rings. The number of hydrogen-bond donors (Lipinski definition) is 1. The first kappa shape index (κ1) is 17.3. The monoisotopic (exact) mass is 397 g/mol. The van der Waals surface area contributed by atoms with Crippen molar-refractivity contribution in [2.45, 2.75) is 5.03 Å². The smallest absolute Gasteiger partial charge is 0.234 e. The van der Waals surface area contributed by atoms with Gasteiger partial charge < -0.3 is 5.32 Å². The van der Waals surface area contributed by atoms with Gasteiger partial charge in [0.25, 0.3) is 0 Å². The summed E-state index contributed by atoms with van der Waals surface area (Å²) < 4.78 is 0. The van der Waals surface area contributed by atoms with Crippen molar-refractivity contribution < 1.29 is 4.79 Å². The van der Waals surface area contributed by atoms with Crippen molar-refractivity contribution >= 4 is 68.9 Å². The van der Waals surface area contributed by atoms with Gasteiger partial charge in [-0.15, -0.1) is 5.10 Å². The van der Waals surface area contributed by atoms with Crippen LogP contribution < -0.4 is 5.32 Å². The molecule has 3 aromatic rings. The molecular weight excluding hydrogens is 389 g/mol. The number of benzene rings is 2. The molecule has 24 heavy (non-hydrogen) atoms. The molecule has 1 amide bonds. The zero-order chi connectivity index (χ0) is 17.1. The van der Waals surface area contributed by atoms with Gasteiger partial charge in [0.05, 0.1) is 32.7 Å². The van der Waals surface area contributed by atoms with Gasteiger partial charge in [-0.3, -0.25) is 4.79 Å². The van der Waals surface area contributed by atoms with Crippen LogP contribution >= 0.6 is 46.6 Å². The van der Waals surface area contributed by atoms with Gasteiger partial charge >= 0.3 is 0 Å². The molecule has 0 bridgehead atoms. The van der Waals surface area contributed by atoms with Gasteiger partial charge in [-0.25, -0.2) is 0 Å². The minimum atomic E-state index is -0.227. The minimum absolute atomic E-state index is 0.166. The Kier molecular flexibility index (Phi) is 5.46. The molecule has 4 nitrogen and oxygen atoms in total. The number of rotatable bonds is 4. The summed E-state index contributed by atoms with van der Waals surface area (Å²) in [6.07, 6.45) is 1.69. The predicted molar refractivity (Wildman–Crippen MR) is 100 cm³/mol. The molecule has 2 aromatic carbocycles. The molecule has 0 aliphatic rings. The van der Waals surface area contributed by atoms with E-state index in [1.54, 1.807) is 6.20 Å². The van der Waals surface area contributed by atoms with Crippen molar-refractivity contribution in [3.05, 3.63) is 57.7 Å². The third-order valence-electron chi connectivity index (χ3n) is 3.16. The highest BCUT2D eigenvalue weighted by Gasteiger charge is 2.11. The van der Waals surface area contributed by atoms with Crippen LogP contribution in [-0.4, -0.2) is 21.9 Å². The number of nitrogens with zero attached hydrogens (tertiary/aromatic N) is 2. The number of nitrogens with one attached hydrogen (secondary N) is 1. The van der Waals surface area contributed by atoms with Gasteiger partial charge in [-0.05, 0) is 12.1 Å². The molecular formula is C16H10Cl3N3OS. The third kappa shape index (κ3) is 3.92. The number of fused-ring (bicyclic) bond motifs is 1. The predicted octanol–water partition coefficient (Wildman–Crippen LogP) is 5.32. The van der Waals surface area contributed by atoms with Crippen molar-refractivity contribution in [2.75, 3.05) is 11.1 Å². The lowest BCUT2D eigenvalue weighted by Gasteiger charge is -2.09. The van der Waals surface area contributed by atoms with E-state index in [1.165, 1.54) is 23.9 Å². The highest BCUT2D eigenvalue weighted by Crippen LogP contribution is 2.32. The molecule has 1 aromatic heterocycles. The summed E-state index contributed by atoms with van der Waals surface area (Å²) in [4.78, 5) is 12.2. The van der Waals surface area contributed by atoms with E-state index in [-0.39, 0.29) is 11.7 Å².